The number of nitrogens with two attached hydrogens (primary N) is 1. The first-order valence-corrected chi connectivity index (χ1v) is 5.98. The van der Waals surface area contributed by atoms with Gasteiger partial charge in [-0.3, -0.25) is 4.79 Å². The molecule has 3 N–H and O–H groups in total. The fourth-order valence-electron chi connectivity index (χ4n) is 1.28. The highest BCUT2D eigenvalue weighted by Crippen LogP contribution is 2.07. The Morgan fingerprint density at radius 3 is 2.24 bits per heavy atom. The molecule has 1 atom stereocenters. The van der Waals surface area contributed by atoms with Crippen LogP contribution in [-0.2, 0) is 14.3 Å². The number of carbonyl (C=O) groups is 1. The maximum absolute atomic E-state index is 11.3. The summed E-state index contributed by atoms with van der Waals surface area (Å²) in [5, 5.41) is 3.03. The molecule has 0 aromatic carbocycles. The fourth-order valence-corrected chi connectivity index (χ4v) is 1.28. The number of hydrogen-bond donors (Lipinski definition) is 2. The zero-order valence-corrected chi connectivity index (χ0v) is 11.6. The summed E-state index contributed by atoms with van der Waals surface area (Å²) in [6.45, 7) is 11.5. The molecule has 0 saturated heterocycles. The van der Waals surface area contributed by atoms with Crippen LogP contribution < -0.4 is 11.1 Å². The third kappa shape index (κ3) is 7.31. The van der Waals surface area contributed by atoms with Crippen LogP contribution in [0.4, 0.5) is 0 Å². The molecule has 0 rings (SSSR count). The Balaban J connectivity index is 3.88. The van der Waals surface area contributed by atoms with Crippen LogP contribution in [0, 0.1) is 0 Å². The van der Waals surface area contributed by atoms with Crippen LogP contribution in [0.3, 0.4) is 0 Å². The molecule has 0 aliphatic heterocycles. The second kappa shape index (κ2) is 6.93. The molecule has 0 saturated carbocycles. The summed E-state index contributed by atoms with van der Waals surface area (Å²) < 4.78 is 10.9. The van der Waals surface area contributed by atoms with E-state index < -0.39 is 11.4 Å². The zero-order chi connectivity index (χ0) is 13.5. The Morgan fingerprint density at radius 2 is 1.82 bits per heavy atom. The van der Waals surface area contributed by atoms with Crippen LogP contribution in [0.25, 0.3) is 0 Å². The molecule has 17 heavy (non-hydrogen) atoms. The molecule has 0 fully saturated rings. The third-order valence-corrected chi connectivity index (χ3v) is 2.26. The van der Waals surface area contributed by atoms with Crippen molar-refractivity contribution < 1.29 is 14.3 Å². The van der Waals surface area contributed by atoms with Crippen molar-refractivity contribution in [2.24, 2.45) is 5.73 Å². The quantitative estimate of drug-likeness (QED) is 0.617. The van der Waals surface area contributed by atoms with Crippen molar-refractivity contribution in [3.63, 3.8) is 0 Å². The zero-order valence-electron chi connectivity index (χ0n) is 11.6. The highest BCUT2D eigenvalue weighted by molar-refractivity contribution is 5.84. The van der Waals surface area contributed by atoms with E-state index in [-0.39, 0.29) is 12.2 Å². The molecule has 0 heterocycles. The smallest absolute Gasteiger partial charge is 0.239 e. The predicted octanol–water partition coefficient (Wildman–Crippen LogP) is 0.672. The van der Waals surface area contributed by atoms with Crippen LogP contribution in [0.5, 0.6) is 0 Å². The normalized spacial score (nSPS) is 15.6. The SMILES string of the molecule is CCNC(C)(COCCOC(C)(C)C)C(N)=O. The lowest BCUT2D eigenvalue weighted by Gasteiger charge is -2.27. The Kier molecular flexibility index (Phi) is 6.67. The monoisotopic (exact) mass is 246 g/mol. The van der Waals surface area contributed by atoms with Crippen LogP contribution >= 0.6 is 0 Å². The van der Waals surface area contributed by atoms with Gasteiger partial charge < -0.3 is 20.5 Å². The van der Waals surface area contributed by atoms with E-state index in [1.807, 2.05) is 27.7 Å². The first-order valence-electron chi connectivity index (χ1n) is 5.98. The molecule has 5 heteroatoms. The van der Waals surface area contributed by atoms with Crippen LogP contribution in [0.2, 0.25) is 0 Å². The summed E-state index contributed by atoms with van der Waals surface area (Å²) in [5.74, 6) is -0.406. The lowest BCUT2D eigenvalue weighted by molar-refractivity contribution is -0.127. The molecular formula is C12H26N2O3. The number of ether oxygens (including phenoxy) is 2. The van der Waals surface area contributed by atoms with Crippen molar-refractivity contribution in [3.05, 3.63) is 0 Å². The number of hydrogen-bond acceptors (Lipinski definition) is 4. The van der Waals surface area contributed by atoms with E-state index in [0.717, 1.165) is 0 Å². The molecule has 0 spiro atoms. The van der Waals surface area contributed by atoms with Gasteiger partial charge in [-0.1, -0.05) is 6.92 Å². The Bertz CT molecular complexity index is 238. The van der Waals surface area contributed by atoms with Crippen molar-refractivity contribution in [1.29, 1.82) is 0 Å². The minimum Gasteiger partial charge on any atom is -0.377 e. The van der Waals surface area contributed by atoms with Crippen LogP contribution in [0.15, 0.2) is 0 Å². The number of amides is 1. The summed E-state index contributed by atoms with van der Waals surface area (Å²) in [7, 11) is 0. The molecule has 1 amide bonds. The van der Waals surface area contributed by atoms with Crippen molar-refractivity contribution in [3.8, 4) is 0 Å². The van der Waals surface area contributed by atoms with E-state index in [4.69, 9.17) is 15.2 Å². The van der Waals surface area contributed by atoms with E-state index in [1.54, 1.807) is 6.92 Å². The Labute approximate surface area is 104 Å². The number of carbonyl (C=O) groups excluding carboxylic acids is 1. The molecule has 0 aliphatic rings. The van der Waals surface area contributed by atoms with Crippen molar-refractivity contribution >= 4 is 5.91 Å². The van der Waals surface area contributed by atoms with E-state index >= 15 is 0 Å². The molecule has 0 aromatic rings. The van der Waals surface area contributed by atoms with Gasteiger partial charge in [0.05, 0.1) is 25.4 Å². The summed E-state index contributed by atoms with van der Waals surface area (Å²) in [6.07, 6.45) is 0. The van der Waals surface area contributed by atoms with Gasteiger partial charge in [-0.25, -0.2) is 0 Å². The maximum Gasteiger partial charge on any atom is 0.239 e. The molecule has 0 aliphatic carbocycles. The highest BCUT2D eigenvalue weighted by Gasteiger charge is 2.30. The molecular weight excluding hydrogens is 220 g/mol. The molecule has 0 bridgehead atoms. The minimum absolute atomic E-state index is 0.169. The van der Waals surface area contributed by atoms with Gasteiger partial charge in [-0.15, -0.1) is 0 Å². The van der Waals surface area contributed by atoms with E-state index in [1.165, 1.54) is 0 Å². The minimum atomic E-state index is -0.809. The van der Waals surface area contributed by atoms with Gasteiger partial charge in [0.2, 0.25) is 5.91 Å². The van der Waals surface area contributed by atoms with Gasteiger partial charge in [0, 0.05) is 0 Å². The van der Waals surface area contributed by atoms with Crippen molar-refractivity contribution in [1.82, 2.24) is 5.32 Å². The van der Waals surface area contributed by atoms with E-state index in [2.05, 4.69) is 5.32 Å². The van der Waals surface area contributed by atoms with Crippen molar-refractivity contribution in [2.75, 3.05) is 26.4 Å². The van der Waals surface area contributed by atoms with E-state index in [0.29, 0.717) is 19.8 Å². The topological polar surface area (TPSA) is 73.6 Å². The third-order valence-electron chi connectivity index (χ3n) is 2.26. The van der Waals surface area contributed by atoms with Gasteiger partial charge in [-0.2, -0.15) is 0 Å². The number of primary amides is 1. The van der Waals surface area contributed by atoms with Crippen LogP contribution in [-0.4, -0.2) is 43.4 Å². The fraction of sp³-hybridized carbons (Fsp3) is 0.917. The largest absolute Gasteiger partial charge is 0.377 e. The van der Waals surface area contributed by atoms with Gasteiger partial charge in [-0.05, 0) is 34.2 Å². The first-order chi connectivity index (χ1) is 7.71. The Morgan fingerprint density at radius 1 is 1.24 bits per heavy atom. The Hall–Kier alpha value is -0.650. The summed E-state index contributed by atoms with van der Waals surface area (Å²) in [4.78, 5) is 11.3. The summed E-state index contributed by atoms with van der Waals surface area (Å²) in [5.41, 5.74) is 4.35. The first kappa shape index (κ1) is 16.4. The van der Waals surface area contributed by atoms with Gasteiger partial charge in [0.15, 0.2) is 0 Å². The van der Waals surface area contributed by atoms with Gasteiger partial charge >= 0.3 is 0 Å². The van der Waals surface area contributed by atoms with E-state index in [9.17, 15) is 4.79 Å². The second-order valence-electron chi connectivity index (χ2n) is 5.24. The molecule has 102 valence electrons. The van der Waals surface area contributed by atoms with Gasteiger partial charge in [0.1, 0.15) is 5.54 Å². The second-order valence-corrected chi connectivity index (χ2v) is 5.24. The van der Waals surface area contributed by atoms with Gasteiger partial charge in [0.25, 0.3) is 0 Å². The lowest BCUT2D eigenvalue weighted by atomic mass is 10.0. The van der Waals surface area contributed by atoms with Crippen molar-refractivity contribution in [2.45, 2.75) is 45.8 Å². The maximum atomic E-state index is 11.3. The highest BCUT2D eigenvalue weighted by atomic mass is 16.5. The molecule has 1 unspecified atom stereocenters. The predicted molar refractivity (Wildman–Crippen MR) is 67.8 cm³/mol. The molecule has 0 aromatic heterocycles. The summed E-state index contributed by atoms with van der Waals surface area (Å²) in [6, 6.07) is 0. The number of likely N-dealkylation sites (N-methyl/N-ethyl adjacent to an activating group) is 1. The average molecular weight is 246 g/mol. The van der Waals surface area contributed by atoms with Crippen LogP contribution in [0.1, 0.15) is 34.6 Å². The average Bonchev–Trinajstić information content (AvgIpc) is 2.15. The molecule has 0 radical (unpaired) electrons. The number of rotatable bonds is 8. The summed E-state index contributed by atoms with van der Waals surface area (Å²) >= 11 is 0. The molecule has 5 nitrogen and oxygen atoms in total. The standard InChI is InChI=1S/C12H26N2O3/c1-6-14-12(5,10(13)15)9-16-7-8-17-11(2,3)4/h14H,6-9H2,1-5H3,(H2,13,15). The lowest BCUT2D eigenvalue weighted by Crippen LogP contribution is -2.56. The number of nitrogens with one attached hydrogen (secondary N) is 1.